The molecular weight excluding hydrogens is 494 g/mol. The molecule has 2 aromatic rings. The molecule has 1 aromatic heterocycles. The standard InChI is InChI=1S/C30H49N5O4/c1-28(2,3)20-30(7,21-36)22-39-18-9-8-17-35-19-25(33-34-35)23-11-13-24(14-12-23)26(37)31-15-10-16-32-27(38)29(4,5)6/h11-14,19,36H,8-10,15-18,20-22H2,1-7H3,(H,31,37)(H,32,38). The van der Waals surface area contributed by atoms with Crippen molar-refractivity contribution < 1.29 is 19.4 Å². The van der Waals surface area contributed by atoms with Crippen molar-refractivity contribution in [3.8, 4) is 11.3 Å². The predicted octanol–water partition coefficient (Wildman–Crippen LogP) is 4.46. The SMILES string of the molecule is CC(C)(C)CC(C)(CO)COCCCCn1cc(-c2ccc(C(=O)NCCCNC(=O)C(C)(C)C)cc2)nn1. The van der Waals surface area contributed by atoms with E-state index in [1.54, 1.807) is 12.1 Å². The third-order valence-corrected chi connectivity index (χ3v) is 6.30. The van der Waals surface area contributed by atoms with E-state index in [2.05, 4.69) is 48.6 Å². The molecule has 1 aromatic carbocycles. The van der Waals surface area contributed by atoms with Crippen LogP contribution in [0.25, 0.3) is 11.3 Å². The van der Waals surface area contributed by atoms with E-state index in [9.17, 15) is 14.7 Å². The number of rotatable bonds is 15. The van der Waals surface area contributed by atoms with Crippen LogP contribution in [0.15, 0.2) is 30.5 Å². The summed E-state index contributed by atoms with van der Waals surface area (Å²) in [5.41, 5.74) is 1.74. The Labute approximate surface area is 234 Å². The molecule has 9 heteroatoms. The molecule has 218 valence electrons. The normalized spacial score (nSPS) is 13.6. The molecule has 0 saturated carbocycles. The van der Waals surface area contributed by atoms with E-state index >= 15 is 0 Å². The van der Waals surface area contributed by atoms with Gasteiger partial charge in [0.1, 0.15) is 5.69 Å². The maximum atomic E-state index is 12.4. The smallest absolute Gasteiger partial charge is 0.251 e. The van der Waals surface area contributed by atoms with Crippen LogP contribution in [0.2, 0.25) is 0 Å². The Balaban J connectivity index is 1.70. The Morgan fingerprint density at radius 1 is 0.949 bits per heavy atom. The number of carbonyl (C=O) groups excluding carboxylic acids is 2. The molecule has 0 aliphatic carbocycles. The van der Waals surface area contributed by atoms with Crippen molar-refractivity contribution in [3.05, 3.63) is 36.0 Å². The number of carbonyl (C=O) groups is 2. The Kier molecular flexibility index (Phi) is 12.1. The fraction of sp³-hybridized carbons (Fsp3) is 0.667. The fourth-order valence-electron chi connectivity index (χ4n) is 4.42. The Bertz CT molecular complexity index is 1040. The molecule has 1 atom stereocenters. The second-order valence-electron chi connectivity index (χ2n) is 13.0. The zero-order valence-electron chi connectivity index (χ0n) is 25.0. The van der Waals surface area contributed by atoms with Gasteiger partial charge in [0.15, 0.2) is 0 Å². The number of amides is 2. The monoisotopic (exact) mass is 543 g/mol. The highest BCUT2D eigenvalue weighted by molar-refractivity contribution is 5.94. The first-order chi connectivity index (χ1) is 18.2. The number of unbranched alkanes of at least 4 members (excludes halogenated alkanes) is 1. The number of nitrogens with zero attached hydrogens (tertiary/aromatic N) is 3. The van der Waals surface area contributed by atoms with Gasteiger partial charge in [-0.1, -0.05) is 65.8 Å². The van der Waals surface area contributed by atoms with Crippen LogP contribution in [0.1, 0.15) is 84.5 Å². The lowest BCUT2D eigenvalue weighted by molar-refractivity contribution is -0.128. The highest BCUT2D eigenvalue weighted by Gasteiger charge is 2.29. The van der Waals surface area contributed by atoms with Gasteiger partial charge in [0.05, 0.1) is 19.4 Å². The second-order valence-corrected chi connectivity index (χ2v) is 13.0. The summed E-state index contributed by atoms with van der Waals surface area (Å²) in [6.45, 7) is 17.3. The molecule has 3 N–H and O–H groups in total. The summed E-state index contributed by atoms with van der Waals surface area (Å²) in [7, 11) is 0. The maximum absolute atomic E-state index is 12.4. The molecule has 0 saturated heterocycles. The largest absolute Gasteiger partial charge is 0.396 e. The lowest BCUT2D eigenvalue weighted by Crippen LogP contribution is -2.36. The highest BCUT2D eigenvalue weighted by Crippen LogP contribution is 2.33. The predicted molar refractivity (Wildman–Crippen MR) is 154 cm³/mol. The summed E-state index contributed by atoms with van der Waals surface area (Å²) < 4.78 is 7.71. The molecule has 0 radical (unpaired) electrons. The van der Waals surface area contributed by atoms with Crippen molar-refractivity contribution in [2.45, 2.75) is 80.7 Å². The third-order valence-electron chi connectivity index (χ3n) is 6.30. The molecule has 2 amide bonds. The lowest BCUT2D eigenvalue weighted by atomic mass is 9.76. The molecule has 0 aliphatic heterocycles. The zero-order chi connectivity index (χ0) is 29.1. The van der Waals surface area contributed by atoms with Gasteiger partial charge in [-0.15, -0.1) is 5.10 Å². The van der Waals surface area contributed by atoms with Gasteiger partial charge < -0.3 is 20.5 Å². The average Bonchev–Trinajstić information content (AvgIpc) is 3.33. The molecule has 0 bridgehead atoms. The molecule has 0 spiro atoms. The van der Waals surface area contributed by atoms with Crippen LogP contribution in [0.3, 0.4) is 0 Å². The number of ether oxygens (including phenoxy) is 1. The first-order valence-electron chi connectivity index (χ1n) is 14.0. The fourth-order valence-corrected chi connectivity index (χ4v) is 4.42. The number of nitrogens with one attached hydrogen (secondary N) is 2. The summed E-state index contributed by atoms with van der Waals surface area (Å²) in [6, 6.07) is 7.30. The van der Waals surface area contributed by atoms with Gasteiger partial charge in [-0.25, -0.2) is 0 Å². The van der Waals surface area contributed by atoms with Crippen molar-refractivity contribution in [2.75, 3.05) is 32.9 Å². The van der Waals surface area contributed by atoms with Crippen LogP contribution in [0.4, 0.5) is 0 Å². The van der Waals surface area contributed by atoms with Crippen LogP contribution in [0, 0.1) is 16.2 Å². The van der Waals surface area contributed by atoms with Crippen LogP contribution < -0.4 is 10.6 Å². The van der Waals surface area contributed by atoms with Gasteiger partial charge in [0.2, 0.25) is 5.91 Å². The van der Waals surface area contributed by atoms with Gasteiger partial charge >= 0.3 is 0 Å². The van der Waals surface area contributed by atoms with E-state index in [4.69, 9.17) is 4.74 Å². The average molecular weight is 544 g/mol. The minimum atomic E-state index is -0.415. The molecule has 0 fully saturated rings. The molecular formula is C30H49N5O4. The second kappa shape index (κ2) is 14.6. The number of hydrogen-bond donors (Lipinski definition) is 3. The van der Waals surface area contributed by atoms with Gasteiger partial charge in [0, 0.05) is 48.2 Å². The Morgan fingerprint density at radius 3 is 2.23 bits per heavy atom. The van der Waals surface area contributed by atoms with Crippen LogP contribution in [0.5, 0.6) is 0 Å². The highest BCUT2D eigenvalue weighted by atomic mass is 16.5. The van der Waals surface area contributed by atoms with Crippen LogP contribution >= 0.6 is 0 Å². The van der Waals surface area contributed by atoms with E-state index in [0.717, 1.165) is 37.1 Å². The van der Waals surface area contributed by atoms with Crippen LogP contribution in [-0.2, 0) is 16.1 Å². The third kappa shape index (κ3) is 11.9. The number of benzene rings is 1. The number of aryl methyl sites for hydroxylation is 1. The first kappa shape index (κ1) is 32.4. The van der Waals surface area contributed by atoms with Crippen molar-refractivity contribution in [2.24, 2.45) is 16.2 Å². The topological polar surface area (TPSA) is 118 Å². The molecule has 0 aliphatic rings. The van der Waals surface area contributed by atoms with Crippen LogP contribution in [-0.4, -0.2) is 64.8 Å². The van der Waals surface area contributed by atoms with Gasteiger partial charge in [0.25, 0.3) is 5.91 Å². The molecule has 1 heterocycles. The van der Waals surface area contributed by atoms with Crippen molar-refractivity contribution in [3.63, 3.8) is 0 Å². The van der Waals surface area contributed by atoms with E-state index in [-0.39, 0.29) is 29.3 Å². The van der Waals surface area contributed by atoms with E-state index < -0.39 is 5.41 Å². The number of aromatic nitrogens is 3. The summed E-state index contributed by atoms with van der Waals surface area (Å²) in [6.07, 6.45) is 5.30. The number of aliphatic hydroxyl groups is 1. The lowest BCUT2D eigenvalue weighted by Gasteiger charge is -2.33. The first-order valence-corrected chi connectivity index (χ1v) is 14.0. The van der Waals surface area contributed by atoms with Gasteiger partial charge in [-0.05, 0) is 43.2 Å². The van der Waals surface area contributed by atoms with Crippen molar-refractivity contribution in [1.82, 2.24) is 25.6 Å². The Morgan fingerprint density at radius 2 is 1.62 bits per heavy atom. The van der Waals surface area contributed by atoms with E-state index in [1.165, 1.54) is 0 Å². The quantitative estimate of drug-likeness (QED) is 0.286. The minimum absolute atomic E-state index is 0.00354. The summed E-state index contributed by atoms with van der Waals surface area (Å²) in [5.74, 6) is -0.142. The van der Waals surface area contributed by atoms with Crippen molar-refractivity contribution in [1.29, 1.82) is 0 Å². The minimum Gasteiger partial charge on any atom is -0.396 e. The van der Waals surface area contributed by atoms with E-state index in [1.807, 2.05) is 43.8 Å². The molecule has 9 nitrogen and oxygen atoms in total. The number of hydrogen-bond acceptors (Lipinski definition) is 6. The zero-order valence-corrected chi connectivity index (χ0v) is 25.0. The van der Waals surface area contributed by atoms with Gasteiger partial charge in [-0.2, -0.15) is 0 Å². The summed E-state index contributed by atoms with van der Waals surface area (Å²) in [4.78, 5) is 24.3. The van der Waals surface area contributed by atoms with Gasteiger partial charge in [-0.3, -0.25) is 14.3 Å². The molecule has 1 unspecified atom stereocenters. The Hall–Kier alpha value is -2.78. The molecule has 39 heavy (non-hydrogen) atoms. The summed E-state index contributed by atoms with van der Waals surface area (Å²) in [5, 5.41) is 24.1. The van der Waals surface area contributed by atoms with Crippen molar-refractivity contribution >= 4 is 11.8 Å². The number of aliphatic hydroxyl groups excluding tert-OH is 1. The maximum Gasteiger partial charge on any atom is 0.251 e. The molecule has 2 rings (SSSR count). The summed E-state index contributed by atoms with van der Waals surface area (Å²) >= 11 is 0. The van der Waals surface area contributed by atoms with E-state index in [0.29, 0.717) is 38.3 Å².